The van der Waals surface area contributed by atoms with Crippen LogP contribution in [0.4, 0.5) is 0 Å². The average molecular weight is 226 g/mol. The Morgan fingerprint density at radius 3 is 2.94 bits per heavy atom. The second kappa shape index (κ2) is 5.65. The summed E-state index contributed by atoms with van der Waals surface area (Å²) in [4.78, 5) is 25.5. The number of rotatable bonds is 5. The lowest BCUT2D eigenvalue weighted by Crippen LogP contribution is -2.41. The van der Waals surface area contributed by atoms with Gasteiger partial charge in [-0.05, 0) is 12.5 Å². The number of likely N-dealkylation sites (tertiary alicyclic amines) is 1. The molecule has 0 radical (unpaired) electrons. The minimum Gasteiger partial charge on any atom is -0.389 e. The highest BCUT2D eigenvalue weighted by Crippen LogP contribution is 2.10. The molecule has 1 heterocycles. The van der Waals surface area contributed by atoms with Gasteiger partial charge in [0.05, 0.1) is 6.10 Å². The summed E-state index contributed by atoms with van der Waals surface area (Å²) in [6, 6.07) is 0. The number of hydrogen-bond acceptors (Lipinski definition) is 3. The van der Waals surface area contributed by atoms with Gasteiger partial charge in [-0.1, -0.05) is 6.58 Å². The second-order valence-corrected chi connectivity index (χ2v) is 4.02. The van der Waals surface area contributed by atoms with Gasteiger partial charge in [0.2, 0.25) is 11.8 Å². The van der Waals surface area contributed by atoms with Crippen molar-refractivity contribution in [1.29, 1.82) is 0 Å². The van der Waals surface area contributed by atoms with Gasteiger partial charge >= 0.3 is 0 Å². The molecule has 1 unspecified atom stereocenters. The summed E-state index contributed by atoms with van der Waals surface area (Å²) in [5, 5.41) is 9.72. The van der Waals surface area contributed by atoms with Crippen LogP contribution in [0.2, 0.25) is 0 Å². The van der Waals surface area contributed by atoms with Gasteiger partial charge in [-0.3, -0.25) is 9.59 Å². The largest absolute Gasteiger partial charge is 0.389 e. The molecule has 0 aromatic rings. The van der Waals surface area contributed by atoms with Crippen molar-refractivity contribution in [2.75, 3.05) is 26.7 Å². The van der Waals surface area contributed by atoms with Gasteiger partial charge in [0.25, 0.3) is 0 Å². The number of likely N-dealkylation sites (N-methyl/N-ethyl adjacent to an activating group) is 1. The molecule has 5 nitrogen and oxygen atoms in total. The first-order valence-corrected chi connectivity index (χ1v) is 5.38. The number of amides is 2. The summed E-state index contributed by atoms with van der Waals surface area (Å²) < 4.78 is 0. The highest BCUT2D eigenvalue weighted by atomic mass is 16.3. The highest BCUT2D eigenvalue weighted by molar-refractivity contribution is 5.86. The molecule has 1 aliphatic rings. The van der Waals surface area contributed by atoms with Crippen LogP contribution in [-0.2, 0) is 9.59 Å². The van der Waals surface area contributed by atoms with Crippen molar-refractivity contribution in [2.24, 2.45) is 0 Å². The van der Waals surface area contributed by atoms with E-state index in [1.165, 1.54) is 11.0 Å². The summed E-state index contributed by atoms with van der Waals surface area (Å²) >= 11 is 0. The van der Waals surface area contributed by atoms with Gasteiger partial charge in [0.15, 0.2) is 0 Å². The predicted octanol–water partition coefficient (Wildman–Crippen LogP) is -0.386. The molecular weight excluding hydrogens is 208 g/mol. The first kappa shape index (κ1) is 12.7. The molecule has 1 atom stereocenters. The van der Waals surface area contributed by atoms with E-state index in [0.717, 1.165) is 6.42 Å². The van der Waals surface area contributed by atoms with Crippen LogP contribution in [0.5, 0.6) is 0 Å². The molecule has 1 N–H and O–H groups in total. The van der Waals surface area contributed by atoms with E-state index >= 15 is 0 Å². The van der Waals surface area contributed by atoms with Gasteiger partial charge in [0, 0.05) is 33.1 Å². The number of aliphatic hydroxyl groups excluding tert-OH is 1. The maximum atomic E-state index is 11.3. The lowest BCUT2D eigenvalue weighted by Gasteiger charge is -2.23. The van der Waals surface area contributed by atoms with Crippen LogP contribution >= 0.6 is 0 Å². The lowest BCUT2D eigenvalue weighted by molar-refractivity contribution is -0.129. The smallest absolute Gasteiger partial charge is 0.245 e. The van der Waals surface area contributed by atoms with Crippen LogP contribution in [0.15, 0.2) is 12.7 Å². The molecular formula is C11H18N2O3. The van der Waals surface area contributed by atoms with Crippen molar-refractivity contribution in [3.63, 3.8) is 0 Å². The van der Waals surface area contributed by atoms with E-state index in [0.29, 0.717) is 19.5 Å². The predicted molar refractivity (Wildman–Crippen MR) is 59.7 cm³/mol. The van der Waals surface area contributed by atoms with Gasteiger partial charge < -0.3 is 14.9 Å². The Morgan fingerprint density at radius 2 is 2.44 bits per heavy atom. The summed E-state index contributed by atoms with van der Waals surface area (Å²) in [5.74, 6) is -0.149. The monoisotopic (exact) mass is 226 g/mol. The maximum Gasteiger partial charge on any atom is 0.245 e. The molecule has 0 aromatic carbocycles. The fourth-order valence-electron chi connectivity index (χ4n) is 1.77. The van der Waals surface area contributed by atoms with E-state index in [1.54, 1.807) is 11.9 Å². The van der Waals surface area contributed by atoms with E-state index in [-0.39, 0.29) is 18.4 Å². The normalized spacial score (nSPS) is 17.4. The Labute approximate surface area is 95.3 Å². The molecule has 16 heavy (non-hydrogen) atoms. The number of hydrogen-bond donors (Lipinski definition) is 1. The topological polar surface area (TPSA) is 60.9 Å². The van der Waals surface area contributed by atoms with Gasteiger partial charge in [-0.2, -0.15) is 0 Å². The van der Waals surface area contributed by atoms with Crippen molar-refractivity contribution in [2.45, 2.75) is 18.9 Å². The summed E-state index contributed by atoms with van der Waals surface area (Å²) in [6.07, 6.45) is 1.92. The third-order valence-electron chi connectivity index (χ3n) is 2.64. The van der Waals surface area contributed by atoms with Crippen LogP contribution in [0.25, 0.3) is 0 Å². The molecule has 0 spiro atoms. The number of β-amino-alcohol motifs (C(OH)–C–C–N with tert-alkyl or cyclic N) is 1. The van der Waals surface area contributed by atoms with E-state index < -0.39 is 6.10 Å². The van der Waals surface area contributed by atoms with Gasteiger partial charge in [-0.25, -0.2) is 0 Å². The Morgan fingerprint density at radius 1 is 1.75 bits per heavy atom. The van der Waals surface area contributed by atoms with Gasteiger partial charge in [0.1, 0.15) is 0 Å². The molecule has 1 saturated heterocycles. The van der Waals surface area contributed by atoms with Gasteiger partial charge in [-0.15, -0.1) is 0 Å². The fourth-order valence-corrected chi connectivity index (χ4v) is 1.77. The van der Waals surface area contributed by atoms with Crippen LogP contribution < -0.4 is 0 Å². The summed E-state index contributed by atoms with van der Waals surface area (Å²) in [7, 11) is 1.60. The van der Waals surface area contributed by atoms with Crippen molar-refractivity contribution < 1.29 is 14.7 Å². The third-order valence-corrected chi connectivity index (χ3v) is 2.64. The fraction of sp³-hybridized carbons (Fsp3) is 0.636. The molecule has 2 amide bonds. The van der Waals surface area contributed by atoms with Crippen LogP contribution in [0.3, 0.4) is 0 Å². The Balaban J connectivity index is 2.35. The zero-order chi connectivity index (χ0) is 12.1. The Kier molecular flexibility index (Phi) is 4.49. The quantitative estimate of drug-likeness (QED) is 0.650. The van der Waals surface area contributed by atoms with E-state index in [1.807, 2.05) is 0 Å². The minimum absolute atomic E-state index is 0.0803. The van der Waals surface area contributed by atoms with E-state index in [2.05, 4.69) is 6.58 Å². The highest BCUT2D eigenvalue weighted by Gasteiger charge is 2.23. The SMILES string of the molecule is C=CC(=O)N(C)CC(O)CN1CCCC1=O. The van der Waals surface area contributed by atoms with Crippen molar-refractivity contribution >= 4 is 11.8 Å². The molecule has 0 saturated carbocycles. The number of carbonyl (C=O) groups excluding carboxylic acids is 2. The number of aliphatic hydroxyl groups is 1. The summed E-state index contributed by atoms with van der Waals surface area (Å²) in [6.45, 7) is 4.59. The lowest BCUT2D eigenvalue weighted by atomic mass is 10.3. The third kappa shape index (κ3) is 3.34. The molecule has 1 aliphatic heterocycles. The van der Waals surface area contributed by atoms with Crippen LogP contribution in [-0.4, -0.2) is 59.5 Å². The number of nitrogens with zero attached hydrogens (tertiary/aromatic N) is 2. The summed E-state index contributed by atoms with van der Waals surface area (Å²) in [5.41, 5.74) is 0. The zero-order valence-electron chi connectivity index (χ0n) is 9.56. The molecule has 0 bridgehead atoms. The first-order chi connectivity index (χ1) is 7.54. The van der Waals surface area contributed by atoms with E-state index in [9.17, 15) is 14.7 Å². The molecule has 5 heteroatoms. The Bertz CT molecular complexity index is 291. The van der Waals surface area contributed by atoms with Crippen LogP contribution in [0, 0.1) is 0 Å². The minimum atomic E-state index is -0.698. The number of carbonyl (C=O) groups is 2. The van der Waals surface area contributed by atoms with E-state index in [4.69, 9.17) is 0 Å². The first-order valence-electron chi connectivity index (χ1n) is 5.38. The molecule has 90 valence electrons. The Hall–Kier alpha value is -1.36. The van der Waals surface area contributed by atoms with Crippen LogP contribution in [0.1, 0.15) is 12.8 Å². The zero-order valence-corrected chi connectivity index (χ0v) is 9.56. The molecule has 1 fully saturated rings. The second-order valence-electron chi connectivity index (χ2n) is 4.02. The molecule has 1 rings (SSSR count). The van der Waals surface area contributed by atoms with Crippen molar-refractivity contribution in [3.8, 4) is 0 Å². The average Bonchev–Trinajstić information content (AvgIpc) is 2.63. The molecule has 0 aromatic heterocycles. The van der Waals surface area contributed by atoms with Crippen molar-refractivity contribution in [3.05, 3.63) is 12.7 Å². The van der Waals surface area contributed by atoms with Crippen molar-refractivity contribution in [1.82, 2.24) is 9.80 Å². The maximum absolute atomic E-state index is 11.3. The molecule has 0 aliphatic carbocycles. The standard InChI is InChI=1S/C11H18N2O3/c1-3-10(15)12(2)7-9(14)8-13-6-4-5-11(13)16/h3,9,14H,1,4-8H2,2H3.